The molecular weight excluding hydrogens is 524 g/mol. The van der Waals surface area contributed by atoms with E-state index in [2.05, 4.69) is 55.6 Å². The molecule has 0 saturated carbocycles. The van der Waals surface area contributed by atoms with Crippen LogP contribution in [0.3, 0.4) is 0 Å². The van der Waals surface area contributed by atoms with Crippen LogP contribution in [0.5, 0.6) is 0 Å². The lowest BCUT2D eigenvalue weighted by Crippen LogP contribution is -2.40. The second kappa shape index (κ2) is 10.6. The van der Waals surface area contributed by atoms with Crippen LogP contribution in [0.2, 0.25) is 0 Å². The smallest absolute Gasteiger partial charge is 0.264 e. The van der Waals surface area contributed by atoms with Gasteiger partial charge in [0.25, 0.3) is 5.91 Å². The van der Waals surface area contributed by atoms with Gasteiger partial charge in [0.05, 0.1) is 5.69 Å². The van der Waals surface area contributed by atoms with E-state index >= 15 is 0 Å². The van der Waals surface area contributed by atoms with Crippen molar-refractivity contribution in [2.45, 2.75) is 0 Å². The Kier molecular flexibility index (Phi) is 6.41. The van der Waals surface area contributed by atoms with Crippen molar-refractivity contribution in [2.24, 2.45) is 0 Å². The lowest BCUT2D eigenvalue weighted by Gasteiger charge is -2.31. The van der Waals surface area contributed by atoms with E-state index in [9.17, 15) is 10.2 Å². The molecule has 204 valence electrons. The number of benzene rings is 6. The first kappa shape index (κ1) is 26.1. The summed E-state index contributed by atoms with van der Waals surface area (Å²) in [5, 5.41) is 11.1. The van der Waals surface area contributed by atoms with E-state index in [1.54, 1.807) is 4.90 Å². The Balaban J connectivity index is 1.40. The van der Waals surface area contributed by atoms with Gasteiger partial charge >= 0.3 is 0 Å². The van der Waals surface area contributed by atoms with Gasteiger partial charge in [-0.2, -0.15) is 0 Å². The topological polar surface area (TPSA) is 44.2 Å². The molecule has 7 rings (SSSR count). The van der Waals surface area contributed by atoms with Crippen LogP contribution in [-0.2, 0) is 0 Å². The van der Waals surface area contributed by atoms with E-state index in [0.717, 1.165) is 60.8 Å². The van der Waals surface area contributed by atoms with E-state index in [4.69, 9.17) is 0 Å². The molecule has 0 fully saturated rings. The van der Waals surface area contributed by atoms with Crippen LogP contribution in [0.15, 0.2) is 141 Å². The van der Waals surface area contributed by atoms with Crippen molar-refractivity contribution in [1.82, 2.24) is 0 Å². The van der Waals surface area contributed by atoms with Crippen molar-refractivity contribution in [3.05, 3.63) is 163 Å². The van der Waals surface area contributed by atoms with Crippen LogP contribution in [0.1, 0.15) is 27.0 Å². The predicted octanol–water partition coefficient (Wildman–Crippen LogP) is 10.1. The van der Waals surface area contributed by atoms with E-state index in [0.29, 0.717) is 11.3 Å². The standard InChI is InChI=1S/C40H28N2O/c1-3-26-13-17-28(18-14-26)31-23-32(29-19-15-27(4-2)16-20-29)25-33(24-31)42-39(41)36-12-8-11-35-34(30-9-6-5-7-10-30)21-22-37(38(35)36)40(42)43/h3-25,41H,1-2H2. The summed E-state index contributed by atoms with van der Waals surface area (Å²) in [6.45, 7) is 7.75. The molecule has 1 aliphatic rings. The molecule has 1 amide bonds. The second-order valence-corrected chi connectivity index (χ2v) is 10.7. The second-order valence-electron chi connectivity index (χ2n) is 10.7. The van der Waals surface area contributed by atoms with Crippen LogP contribution in [0.4, 0.5) is 5.69 Å². The highest BCUT2D eigenvalue weighted by molar-refractivity contribution is 6.37. The molecule has 1 aliphatic heterocycles. The number of carbonyl (C=O) groups excluding carboxylic acids is 1. The SMILES string of the molecule is C=Cc1ccc(-c2cc(-c3ccc(C=C)cc3)cc(N3C(=N)c4cccc5c(-c6ccccc6)ccc(c45)C3=O)c2)cc1. The molecule has 0 spiro atoms. The van der Waals surface area contributed by atoms with Crippen LogP contribution in [0, 0.1) is 5.41 Å². The van der Waals surface area contributed by atoms with Gasteiger partial charge in [-0.25, -0.2) is 0 Å². The molecule has 0 saturated heterocycles. The molecule has 3 heteroatoms. The fourth-order valence-corrected chi connectivity index (χ4v) is 5.94. The number of amidine groups is 1. The normalized spacial score (nSPS) is 12.4. The Hall–Kier alpha value is -5.80. The molecule has 0 unspecified atom stereocenters. The number of anilines is 1. The molecule has 1 N–H and O–H groups in total. The van der Waals surface area contributed by atoms with Gasteiger partial charge in [-0.1, -0.05) is 128 Å². The highest BCUT2D eigenvalue weighted by atomic mass is 16.2. The summed E-state index contributed by atoms with van der Waals surface area (Å²) in [4.78, 5) is 15.8. The summed E-state index contributed by atoms with van der Waals surface area (Å²) in [7, 11) is 0. The van der Waals surface area contributed by atoms with Crippen LogP contribution >= 0.6 is 0 Å². The molecule has 0 atom stereocenters. The fraction of sp³-hybridized carbons (Fsp3) is 0. The minimum absolute atomic E-state index is 0.167. The van der Waals surface area contributed by atoms with Gasteiger partial charge in [0.2, 0.25) is 0 Å². The van der Waals surface area contributed by atoms with Crippen LogP contribution in [0.25, 0.3) is 56.3 Å². The molecule has 6 aromatic carbocycles. The Morgan fingerprint density at radius 1 is 0.535 bits per heavy atom. The predicted molar refractivity (Wildman–Crippen MR) is 181 cm³/mol. The number of rotatable bonds is 6. The van der Waals surface area contributed by atoms with Crippen molar-refractivity contribution in [3.63, 3.8) is 0 Å². The largest absolute Gasteiger partial charge is 0.283 e. The van der Waals surface area contributed by atoms with Gasteiger partial charge in [0.15, 0.2) is 0 Å². The summed E-state index contributed by atoms with van der Waals surface area (Å²) < 4.78 is 0. The quantitative estimate of drug-likeness (QED) is 0.219. The summed E-state index contributed by atoms with van der Waals surface area (Å²) in [5.74, 6) is -0.0409. The summed E-state index contributed by atoms with van der Waals surface area (Å²) in [6, 6.07) is 42.5. The first-order valence-electron chi connectivity index (χ1n) is 14.2. The lowest BCUT2D eigenvalue weighted by atomic mass is 9.88. The minimum atomic E-state index is -0.208. The summed E-state index contributed by atoms with van der Waals surface area (Å²) in [5.41, 5.74) is 10.1. The van der Waals surface area contributed by atoms with Crippen molar-refractivity contribution in [1.29, 1.82) is 5.41 Å². The van der Waals surface area contributed by atoms with Gasteiger partial charge in [-0.3, -0.25) is 15.1 Å². The molecule has 0 aliphatic carbocycles. The number of nitrogens with one attached hydrogen (secondary N) is 1. The van der Waals surface area contributed by atoms with Gasteiger partial charge in [0.1, 0.15) is 5.84 Å². The van der Waals surface area contributed by atoms with Crippen molar-refractivity contribution < 1.29 is 4.79 Å². The number of nitrogens with zero attached hydrogens (tertiary/aromatic N) is 1. The Bertz CT molecular complexity index is 1980. The highest BCUT2D eigenvalue weighted by Gasteiger charge is 2.32. The monoisotopic (exact) mass is 552 g/mol. The van der Waals surface area contributed by atoms with Crippen molar-refractivity contribution >= 4 is 40.4 Å². The average molecular weight is 553 g/mol. The van der Waals surface area contributed by atoms with Crippen molar-refractivity contribution in [3.8, 4) is 33.4 Å². The fourth-order valence-electron chi connectivity index (χ4n) is 5.94. The zero-order valence-electron chi connectivity index (χ0n) is 23.5. The highest BCUT2D eigenvalue weighted by Crippen LogP contribution is 2.40. The third-order valence-corrected chi connectivity index (χ3v) is 8.17. The third kappa shape index (κ3) is 4.48. The van der Waals surface area contributed by atoms with Gasteiger partial charge in [0, 0.05) is 16.5 Å². The van der Waals surface area contributed by atoms with E-state index in [1.807, 2.05) is 97.1 Å². The summed E-state index contributed by atoms with van der Waals surface area (Å²) in [6.07, 6.45) is 3.64. The minimum Gasteiger partial charge on any atom is -0.283 e. The Labute approximate surface area is 251 Å². The third-order valence-electron chi connectivity index (χ3n) is 8.17. The molecule has 0 bridgehead atoms. The molecule has 6 aromatic rings. The van der Waals surface area contributed by atoms with Gasteiger partial charge < -0.3 is 0 Å². The van der Waals surface area contributed by atoms with Gasteiger partial charge in [-0.15, -0.1) is 0 Å². The van der Waals surface area contributed by atoms with E-state index in [1.165, 1.54) is 0 Å². The lowest BCUT2D eigenvalue weighted by molar-refractivity contribution is 0.100. The first-order valence-corrected chi connectivity index (χ1v) is 14.2. The maximum Gasteiger partial charge on any atom is 0.264 e. The van der Waals surface area contributed by atoms with E-state index < -0.39 is 0 Å². The number of hydrogen-bond acceptors (Lipinski definition) is 2. The van der Waals surface area contributed by atoms with Gasteiger partial charge in [-0.05, 0) is 74.2 Å². The van der Waals surface area contributed by atoms with Crippen LogP contribution in [-0.4, -0.2) is 11.7 Å². The zero-order chi connectivity index (χ0) is 29.5. The molecule has 43 heavy (non-hydrogen) atoms. The molecule has 0 aromatic heterocycles. The molecular formula is C40H28N2O. The maximum atomic E-state index is 14.3. The number of carbonyl (C=O) groups is 1. The van der Waals surface area contributed by atoms with E-state index in [-0.39, 0.29) is 11.7 Å². The Morgan fingerprint density at radius 2 is 1.12 bits per heavy atom. The molecule has 1 heterocycles. The van der Waals surface area contributed by atoms with Crippen molar-refractivity contribution in [2.75, 3.05) is 4.90 Å². The molecule has 3 nitrogen and oxygen atoms in total. The summed E-state index contributed by atoms with van der Waals surface area (Å²) >= 11 is 0. The number of hydrogen-bond donors (Lipinski definition) is 1. The maximum absolute atomic E-state index is 14.3. The average Bonchev–Trinajstić information content (AvgIpc) is 3.07. The first-order chi connectivity index (χ1) is 21.1. The molecule has 0 radical (unpaired) electrons. The zero-order valence-corrected chi connectivity index (χ0v) is 23.5. The Morgan fingerprint density at radius 3 is 1.70 bits per heavy atom. The number of amides is 1. The van der Waals surface area contributed by atoms with Crippen LogP contribution < -0.4 is 4.90 Å².